The summed E-state index contributed by atoms with van der Waals surface area (Å²) in [6.07, 6.45) is 8.83. The lowest BCUT2D eigenvalue weighted by molar-refractivity contribution is 0.365. The molecule has 0 N–H and O–H groups in total. The first kappa shape index (κ1) is 25.1. The summed E-state index contributed by atoms with van der Waals surface area (Å²) in [6, 6.07) is 16.8. The number of hydrogen-bond acceptors (Lipinski definition) is 3. The highest BCUT2D eigenvalue weighted by atomic mass is 19.1. The molecule has 2 aliphatic carbocycles. The number of halogens is 4. The molecule has 8 heteroatoms. The fourth-order valence-corrected chi connectivity index (χ4v) is 5.82. The summed E-state index contributed by atoms with van der Waals surface area (Å²) in [7, 11) is 0. The maximum Gasteiger partial charge on any atom is 0.164 e. The van der Waals surface area contributed by atoms with Crippen LogP contribution < -0.4 is 10.6 Å². The fraction of sp³-hybridized carbons (Fsp3) is 0.121. The van der Waals surface area contributed by atoms with Crippen molar-refractivity contribution in [2.45, 2.75) is 19.0 Å². The highest BCUT2D eigenvalue weighted by molar-refractivity contribution is 5.90. The third kappa shape index (κ3) is 4.55. The third-order valence-electron chi connectivity index (χ3n) is 7.57. The van der Waals surface area contributed by atoms with E-state index in [-0.39, 0.29) is 12.3 Å². The maximum atomic E-state index is 14.3. The van der Waals surface area contributed by atoms with Crippen LogP contribution in [0.3, 0.4) is 0 Å². The van der Waals surface area contributed by atoms with Crippen molar-refractivity contribution in [1.29, 1.82) is 0 Å². The predicted octanol–water partition coefficient (Wildman–Crippen LogP) is 6.53. The first-order chi connectivity index (χ1) is 19.9. The average molecular weight is 551 g/mol. The Balaban J connectivity index is 1.50. The number of alkyl halides is 1. The fourth-order valence-electron chi connectivity index (χ4n) is 5.82. The number of benzene rings is 3. The minimum Gasteiger partial charge on any atom is -0.309 e. The van der Waals surface area contributed by atoms with Crippen molar-refractivity contribution >= 4 is 23.1 Å². The Labute approximate surface area is 232 Å². The van der Waals surface area contributed by atoms with Crippen molar-refractivity contribution in [2.75, 3.05) is 0 Å². The summed E-state index contributed by atoms with van der Waals surface area (Å²) in [4.78, 5) is 12.7. The van der Waals surface area contributed by atoms with Gasteiger partial charge in [0.2, 0.25) is 0 Å². The zero-order chi connectivity index (χ0) is 28.1. The number of hydrogen-bond donors (Lipinski definition) is 0. The lowest BCUT2D eigenvalue weighted by Gasteiger charge is -2.20. The second-order valence-corrected chi connectivity index (χ2v) is 10.2. The molecular formula is C33H22F4N4. The zero-order valence-electron chi connectivity index (χ0n) is 21.6. The zero-order valence-corrected chi connectivity index (χ0v) is 21.6. The van der Waals surface area contributed by atoms with Gasteiger partial charge < -0.3 is 4.57 Å². The lowest BCUT2D eigenvalue weighted by atomic mass is 9.87. The number of aromatic nitrogens is 4. The first-order valence-corrected chi connectivity index (χ1v) is 13.2. The molecule has 4 nitrogen and oxygen atoms in total. The minimum absolute atomic E-state index is 0.236. The molecule has 2 atom stereocenters. The van der Waals surface area contributed by atoms with Crippen molar-refractivity contribution < 1.29 is 17.6 Å². The highest BCUT2D eigenvalue weighted by Crippen LogP contribution is 2.32. The van der Waals surface area contributed by atoms with Crippen molar-refractivity contribution in [3.8, 4) is 28.2 Å². The molecule has 41 heavy (non-hydrogen) atoms. The normalized spacial score (nSPS) is 18.2. The van der Waals surface area contributed by atoms with E-state index in [9.17, 15) is 17.6 Å². The van der Waals surface area contributed by atoms with Crippen molar-refractivity contribution in [1.82, 2.24) is 19.5 Å². The molecular weight excluding hydrogens is 528 g/mol. The number of para-hydroxylation sites is 1. The summed E-state index contributed by atoms with van der Waals surface area (Å²) in [5.74, 6) is -1.52. The largest absolute Gasteiger partial charge is 0.309 e. The van der Waals surface area contributed by atoms with E-state index in [2.05, 4.69) is 25.6 Å². The van der Waals surface area contributed by atoms with Crippen molar-refractivity contribution in [2.24, 2.45) is 5.92 Å². The summed E-state index contributed by atoms with van der Waals surface area (Å²) in [5.41, 5.74) is 4.13. The van der Waals surface area contributed by atoms with Gasteiger partial charge in [0.15, 0.2) is 5.82 Å². The molecule has 202 valence electrons. The van der Waals surface area contributed by atoms with Crippen LogP contribution in [-0.2, 0) is 0 Å². The van der Waals surface area contributed by atoms with Gasteiger partial charge in [0.05, 0.1) is 11.2 Å². The van der Waals surface area contributed by atoms with Gasteiger partial charge in [-0.1, -0.05) is 30.4 Å². The van der Waals surface area contributed by atoms with Gasteiger partial charge in [0, 0.05) is 39.9 Å². The highest BCUT2D eigenvalue weighted by Gasteiger charge is 2.23. The molecule has 5 aromatic rings. The summed E-state index contributed by atoms with van der Waals surface area (Å²) in [5, 5.41) is 2.61. The SMILES string of the molecule is FC1=CC(C2C=c3c(n(-c4ccccc4-c4ncncn4)c4ccc(-c5cc(F)cc(F)c5)cc34)=CC2)=CC(F)C1. The molecule has 0 saturated heterocycles. The molecule has 0 radical (unpaired) electrons. The van der Waals surface area contributed by atoms with Crippen LogP contribution in [-0.4, -0.2) is 25.7 Å². The molecule has 0 saturated carbocycles. The quantitative estimate of drug-likeness (QED) is 0.239. The van der Waals surface area contributed by atoms with Crippen molar-refractivity contribution in [3.63, 3.8) is 0 Å². The Bertz CT molecular complexity index is 1990. The van der Waals surface area contributed by atoms with Gasteiger partial charge in [0.25, 0.3) is 0 Å². The number of nitrogens with zero attached hydrogens (tertiary/aromatic N) is 4. The summed E-state index contributed by atoms with van der Waals surface area (Å²) >= 11 is 0. The summed E-state index contributed by atoms with van der Waals surface area (Å²) in [6.45, 7) is 0. The first-order valence-electron chi connectivity index (χ1n) is 13.2. The van der Waals surface area contributed by atoms with E-state index in [0.29, 0.717) is 28.9 Å². The van der Waals surface area contributed by atoms with E-state index in [1.807, 2.05) is 48.5 Å². The van der Waals surface area contributed by atoms with E-state index in [0.717, 1.165) is 38.8 Å². The molecule has 2 aromatic heterocycles. The van der Waals surface area contributed by atoms with Gasteiger partial charge in [0.1, 0.15) is 36.3 Å². The van der Waals surface area contributed by atoms with Crippen LogP contribution in [0, 0.1) is 17.6 Å². The molecule has 0 bridgehead atoms. The molecule has 2 aliphatic rings. The predicted molar refractivity (Wildman–Crippen MR) is 151 cm³/mol. The number of fused-ring (bicyclic) bond motifs is 3. The van der Waals surface area contributed by atoms with E-state index < -0.39 is 23.6 Å². The van der Waals surface area contributed by atoms with Crippen LogP contribution in [0.2, 0.25) is 0 Å². The second kappa shape index (κ2) is 9.96. The molecule has 2 heterocycles. The van der Waals surface area contributed by atoms with Gasteiger partial charge in [-0.05, 0) is 71.7 Å². The van der Waals surface area contributed by atoms with E-state index in [1.165, 1.54) is 36.9 Å². The minimum atomic E-state index is -1.37. The van der Waals surface area contributed by atoms with E-state index in [1.54, 1.807) is 0 Å². The van der Waals surface area contributed by atoms with Crippen LogP contribution in [0.25, 0.3) is 51.3 Å². The molecule has 0 amide bonds. The second-order valence-electron chi connectivity index (χ2n) is 10.2. The Morgan fingerprint density at radius 1 is 0.829 bits per heavy atom. The Hall–Kier alpha value is -4.85. The van der Waals surface area contributed by atoms with Gasteiger partial charge >= 0.3 is 0 Å². The Morgan fingerprint density at radius 3 is 2.39 bits per heavy atom. The topological polar surface area (TPSA) is 43.6 Å². The molecule has 7 rings (SSSR count). The summed E-state index contributed by atoms with van der Waals surface area (Å²) < 4.78 is 58.8. The van der Waals surface area contributed by atoms with Crippen LogP contribution in [0.4, 0.5) is 17.6 Å². The number of rotatable bonds is 4. The van der Waals surface area contributed by atoms with E-state index >= 15 is 0 Å². The molecule has 0 aliphatic heterocycles. The van der Waals surface area contributed by atoms with Gasteiger partial charge in [-0.3, -0.25) is 0 Å². The molecule has 2 unspecified atom stereocenters. The molecule has 0 spiro atoms. The smallest absolute Gasteiger partial charge is 0.164 e. The lowest BCUT2D eigenvalue weighted by Crippen LogP contribution is -2.33. The maximum absolute atomic E-state index is 14.3. The van der Waals surface area contributed by atoms with Gasteiger partial charge in [-0.15, -0.1) is 0 Å². The average Bonchev–Trinajstić information content (AvgIpc) is 3.29. The molecule has 3 aromatic carbocycles. The molecule has 0 fully saturated rings. The van der Waals surface area contributed by atoms with Crippen LogP contribution in [0.1, 0.15) is 12.8 Å². The third-order valence-corrected chi connectivity index (χ3v) is 7.57. The van der Waals surface area contributed by atoms with Crippen LogP contribution in [0.5, 0.6) is 0 Å². The monoisotopic (exact) mass is 550 g/mol. The van der Waals surface area contributed by atoms with Crippen LogP contribution >= 0.6 is 0 Å². The Morgan fingerprint density at radius 2 is 1.61 bits per heavy atom. The Kier molecular flexibility index (Phi) is 6.11. The van der Waals surface area contributed by atoms with Crippen LogP contribution in [0.15, 0.2) is 96.9 Å². The van der Waals surface area contributed by atoms with Gasteiger partial charge in [-0.25, -0.2) is 32.5 Å². The number of allylic oxidation sites excluding steroid dienone is 4. The van der Waals surface area contributed by atoms with Crippen molar-refractivity contribution in [3.05, 3.63) is 119 Å². The standard InChI is InChI=1S/C33H22F4N4/c34-23-9-21(10-24(35)15-23)19-5-7-31-28(13-19)29-14-20(22-11-25(36)16-26(37)12-22)6-8-32(29)41(31)30-4-2-1-3-27(30)33-39-17-38-18-40-33/h1-5,7-15,17-18,20,25H,6,16H2. The van der Waals surface area contributed by atoms with E-state index in [4.69, 9.17) is 0 Å². The van der Waals surface area contributed by atoms with Gasteiger partial charge in [-0.2, -0.15) is 0 Å².